The zero-order valence-electron chi connectivity index (χ0n) is 15.8. The fourth-order valence-electron chi connectivity index (χ4n) is 3.05. The van der Waals surface area contributed by atoms with Crippen LogP contribution in [0.3, 0.4) is 0 Å². The van der Waals surface area contributed by atoms with E-state index in [0.717, 1.165) is 22.6 Å². The molecule has 0 spiro atoms. The van der Waals surface area contributed by atoms with Crippen LogP contribution in [0.25, 0.3) is 11.4 Å². The highest BCUT2D eigenvalue weighted by Crippen LogP contribution is 2.32. The summed E-state index contributed by atoms with van der Waals surface area (Å²) in [6, 6.07) is 13.3. The number of amides is 1. The Morgan fingerprint density at radius 1 is 1.18 bits per heavy atom. The fourth-order valence-corrected chi connectivity index (χ4v) is 3.05. The second-order valence-corrected chi connectivity index (χ2v) is 6.82. The number of carbonyl (C=O) groups is 1. The van der Waals surface area contributed by atoms with E-state index in [2.05, 4.69) is 20.8 Å². The molecule has 0 aliphatic carbocycles. The third-order valence-corrected chi connectivity index (χ3v) is 4.50. The van der Waals surface area contributed by atoms with Gasteiger partial charge < -0.3 is 14.8 Å². The van der Waals surface area contributed by atoms with Crippen LogP contribution in [0.15, 0.2) is 42.5 Å². The zero-order chi connectivity index (χ0) is 19.5. The summed E-state index contributed by atoms with van der Waals surface area (Å²) in [7, 11) is 0. The Balaban J connectivity index is 1.40. The van der Waals surface area contributed by atoms with Crippen molar-refractivity contribution in [2.75, 3.05) is 13.3 Å². The number of hydrogen-bond donors (Lipinski definition) is 1. The van der Waals surface area contributed by atoms with E-state index in [0.29, 0.717) is 24.4 Å². The minimum atomic E-state index is -0.133. The Morgan fingerprint density at radius 2 is 2.04 bits per heavy atom. The number of aromatic nitrogens is 4. The number of hydrogen-bond acceptors (Lipinski definition) is 6. The maximum absolute atomic E-state index is 12.5. The van der Waals surface area contributed by atoms with E-state index in [1.807, 2.05) is 44.2 Å². The van der Waals surface area contributed by atoms with Crippen molar-refractivity contribution in [1.29, 1.82) is 0 Å². The Hall–Kier alpha value is -3.42. The number of benzene rings is 2. The predicted molar refractivity (Wildman–Crippen MR) is 102 cm³/mol. The number of nitrogens with one attached hydrogen (secondary N) is 1. The first-order chi connectivity index (χ1) is 13.6. The lowest BCUT2D eigenvalue weighted by molar-refractivity contribution is 0.0954. The molecule has 3 aromatic rings. The molecule has 0 fully saturated rings. The van der Waals surface area contributed by atoms with E-state index < -0.39 is 0 Å². The number of tetrazole rings is 1. The van der Waals surface area contributed by atoms with Gasteiger partial charge in [-0.1, -0.05) is 18.2 Å². The predicted octanol–water partition coefficient (Wildman–Crippen LogP) is 2.62. The Morgan fingerprint density at radius 3 is 2.89 bits per heavy atom. The van der Waals surface area contributed by atoms with Gasteiger partial charge in [0.25, 0.3) is 5.91 Å². The van der Waals surface area contributed by atoms with Crippen LogP contribution in [0.5, 0.6) is 11.5 Å². The van der Waals surface area contributed by atoms with Crippen molar-refractivity contribution >= 4 is 5.91 Å². The second kappa shape index (κ2) is 7.67. The molecule has 144 valence electrons. The zero-order valence-corrected chi connectivity index (χ0v) is 15.8. The Bertz CT molecular complexity index is 999. The molecule has 8 nitrogen and oxygen atoms in total. The average molecular weight is 379 g/mol. The molecule has 1 N–H and O–H groups in total. The number of ether oxygens (including phenoxy) is 2. The van der Waals surface area contributed by atoms with Gasteiger partial charge in [-0.15, -0.1) is 5.10 Å². The summed E-state index contributed by atoms with van der Waals surface area (Å²) < 4.78 is 12.4. The van der Waals surface area contributed by atoms with Crippen molar-refractivity contribution in [2.24, 2.45) is 0 Å². The molecule has 8 heteroatoms. The smallest absolute Gasteiger partial charge is 0.251 e. The van der Waals surface area contributed by atoms with Gasteiger partial charge >= 0.3 is 0 Å². The van der Waals surface area contributed by atoms with Crippen LogP contribution in [0.2, 0.25) is 0 Å². The minimum absolute atomic E-state index is 0.129. The monoisotopic (exact) mass is 379 g/mol. The number of carbonyl (C=O) groups excluding carboxylic acids is 1. The molecule has 0 radical (unpaired) electrons. The number of fused-ring (bicyclic) bond motifs is 1. The van der Waals surface area contributed by atoms with E-state index in [1.54, 1.807) is 16.8 Å². The van der Waals surface area contributed by atoms with Crippen molar-refractivity contribution in [1.82, 2.24) is 25.5 Å². The summed E-state index contributed by atoms with van der Waals surface area (Å²) in [5.41, 5.74) is 2.46. The van der Waals surface area contributed by atoms with Crippen molar-refractivity contribution in [2.45, 2.75) is 26.3 Å². The van der Waals surface area contributed by atoms with Gasteiger partial charge in [0.05, 0.1) is 6.04 Å². The van der Waals surface area contributed by atoms with Crippen LogP contribution >= 0.6 is 0 Å². The van der Waals surface area contributed by atoms with Crippen molar-refractivity contribution < 1.29 is 14.3 Å². The van der Waals surface area contributed by atoms with E-state index >= 15 is 0 Å². The molecule has 1 aliphatic rings. The topological polar surface area (TPSA) is 91.2 Å². The largest absolute Gasteiger partial charge is 0.454 e. The van der Waals surface area contributed by atoms with Gasteiger partial charge in [0.1, 0.15) is 0 Å². The molecule has 1 aliphatic heterocycles. The van der Waals surface area contributed by atoms with E-state index in [9.17, 15) is 4.79 Å². The molecule has 0 bridgehead atoms. The number of nitrogens with zero attached hydrogens (tertiary/aromatic N) is 4. The molecule has 1 aromatic heterocycles. The van der Waals surface area contributed by atoms with Crippen LogP contribution < -0.4 is 14.8 Å². The fraction of sp³-hybridized carbons (Fsp3) is 0.300. The maximum atomic E-state index is 12.5. The maximum Gasteiger partial charge on any atom is 0.251 e. The summed E-state index contributed by atoms with van der Waals surface area (Å²) in [5.74, 6) is 2.02. The number of rotatable bonds is 6. The lowest BCUT2D eigenvalue weighted by atomic mass is 10.1. The molecular formula is C20H21N5O3. The molecule has 0 saturated carbocycles. The Kier molecular flexibility index (Phi) is 4.92. The standard InChI is InChI=1S/C20H21N5O3/c1-13(2)25-19(22-23-24-25)15-4-3-5-16(11-15)20(26)21-9-8-14-6-7-17-18(10-14)28-12-27-17/h3-7,10-11,13H,8-9,12H2,1-2H3,(H,21,26). The molecule has 0 saturated heterocycles. The lowest BCUT2D eigenvalue weighted by Crippen LogP contribution is -2.25. The molecule has 1 amide bonds. The van der Waals surface area contributed by atoms with Crippen LogP contribution in [0.1, 0.15) is 35.8 Å². The minimum Gasteiger partial charge on any atom is -0.454 e. The highest BCUT2D eigenvalue weighted by Gasteiger charge is 2.15. The van der Waals surface area contributed by atoms with E-state index in [1.165, 1.54) is 0 Å². The SMILES string of the molecule is CC(C)n1nnnc1-c1cccc(C(=O)NCCc2ccc3c(c2)OCO3)c1. The third kappa shape index (κ3) is 3.66. The first kappa shape index (κ1) is 18.0. The van der Waals surface area contributed by atoms with Gasteiger partial charge in [-0.2, -0.15) is 0 Å². The van der Waals surface area contributed by atoms with Gasteiger partial charge in [0.15, 0.2) is 17.3 Å². The van der Waals surface area contributed by atoms with Gasteiger partial charge in [-0.3, -0.25) is 4.79 Å². The van der Waals surface area contributed by atoms with E-state index in [-0.39, 0.29) is 18.7 Å². The third-order valence-electron chi connectivity index (χ3n) is 4.50. The van der Waals surface area contributed by atoms with Crippen LogP contribution in [0, 0.1) is 0 Å². The van der Waals surface area contributed by atoms with Crippen LogP contribution in [0.4, 0.5) is 0 Å². The Labute approximate surface area is 162 Å². The van der Waals surface area contributed by atoms with Gasteiger partial charge in [0.2, 0.25) is 6.79 Å². The quantitative estimate of drug-likeness (QED) is 0.708. The summed E-state index contributed by atoms with van der Waals surface area (Å²) >= 11 is 0. The first-order valence-corrected chi connectivity index (χ1v) is 9.17. The van der Waals surface area contributed by atoms with Gasteiger partial charge in [-0.25, -0.2) is 4.68 Å². The lowest BCUT2D eigenvalue weighted by Gasteiger charge is -2.09. The molecule has 4 rings (SSSR count). The van der Waals surface area contributed by atoms with Crippen molar-refractivity contribution in [3.8, 4) is 22.9 Å². The molecule has 0 unspecified atom stereocenters. The van der Waals surface area contributed by atoms with Gasteiger partial charge in [-0.05, 0) is 60.5 Å². The highest BCUT2D eigenvalue weighted by atomic mass is 16.7. The molecule has 0 atom stereocenters. The summed E-state index contributed by atoms with van der Waals surface area (Å²) in [6.45, 7) is 4.79. The highest BCUT2D eigenvalue weighted by molar-refractivity contribution is 5.95. The second-order valence-electron chi connectivity index (χ2n) is 6.82. The molecule has 28 heavy (non-hydrogen) atoms. The van der Waals surface area contributed by atoms with Crippen LogP contribution in [-0.2, 0) is 6.42 Å². The normalized spacial score (nSPS) is 12.4. The summed E-state index contributed by atoms with van der Waals surface area (Å²) in [6.07, 6.45) is 0.702. The van der Waals surface area contributed by atoms with Crippen LogP contribution in [-0.4, -0.2) is 39.5 Å². The summed E-state index contributed by atoms with van der Waals surface area (Å²) in [5, 5.41) is 14.8. The summed E-state index contributed by atoms with van der Waals surface area (Å²) in [4.78, 5) is 12.5. The average Bonchev–Trinajstić information content (AvgIpc) is 3.37. The van der Waals surface area contributed by atoms with Crippen molar-refractivity contribution in [3.63, 3.8) is 0 Å². The molecular weight excluding hydrogens is 358 g/mol. The van der Waals surface area contributed by atoms with Crippen molar-refractivity contribution in [3.05, 3.63) is 53.6 Å². The van der Waals surface area contributed by atoms with Gasteiger partial charge in [0, 0.05) is 17.7 Å². The van der Waals surface area contributed by atoms with E-state index in [4.69, 9.17) is 9.47 Å². The molecule has 2 aromatic carbocycles. The first-order valence-electron chi connectivity index (χ1n) is 9.17. The molecule has 2 heterocycles.